The first-order valence-corrected chi connectivity index (χ1v) is 11.5. The topological polar surface area (TPSA) is 104 Å². The van der Waals surface area contributed by atoms with E-state index in [4.69, 9.17) is 11.6 Å². The fourth-order valence-electron chi connectivity index (χ4n) is 3.23. The highest BCUT2D eigenvalue weighted by Crippen LogP contribution is 2.20. The number of piperazine rings is 1. The highest BCUT2D eigenvalue weighted by molar-refractivity contribution is 7.92. The zero-order valence-electron chi connectivity index (χ0n) is 16.8. The van der Waals surface area contributed by atoms with Gasteiger partial charge in [0.1, 0.15) is 0 Å². The van der Waals surface area contributed by atoms with Crippen LogP contribution in [0.2, 0.25) is 5.02 Å². The number of carbonyl (C=O) groups excluding carboxylic acids is 3. The van der Waals surface area contributed by atoms with Crippen molar-refractivity contribution in [2.75, 3.05) is 26.2 Å². The number of rotatable bonds is 5. The normalized spacial score (nSPS) is 15.3. The van der Waals surface area contributed by atoms with Crippen molar-refractivity contribution in [2.24, 2.45) is 0 Å². The van der Waals surface area contributed by atoms with E-state index in [1.807, 2.05) is 0 Å². The standard InChI is InChI=1S/C21H22ClN3O5S/c1-15(26)24-11-13-25(14-12-24)21(28)20(23-19(27)16-5-3-2-4-6-16)31(29,30)18-9-7-17(22)8-10-18/h2-10,20H,11-14H2,1H3,(H,23,27)/t20-/m0/s1. The van der Waals surface area contributed by atoms with Crippen LogP contribution in [-0.2, 0) is 19.4 Å². The molecule has 0 bridgehead atoms. The molecule has 1 heterocycles. The molecule has 3 rings (SSSR count). The van der Waals surface area contributed by atoms with Crippen molar-refractivity contribution in [3.63, 3.8) is 0 Å². The van der Waals surface area contributed by atoms with Crippen molar-refractivity contribution in [1.82, 2.24) is 15.1 Å². The summed E-state index contributed by atoms with van der Waals surface area (Å²) in [5.41, 5.74) is 0.230. The molecule has 2 aromatic carbocycles. The van der Waals surface area contributed by atoms with Crippen LogP contribution >= 0.6 is 11.6 Å². The first-order chi connectivity index (χ1) is 14.7. The Morgan fingerprint density at radius 1 is 0.903 bits per heavy atom. The third-order valence-electron chi connectivity index (χ3n) is 5.01. The number of nitrogens with zero attached hydrogens (tertiary/aromatic N) is 2. The van der Waals surface area contributed by atoms with Gasteiger partial charge in [0.25, 0.3) is 11.8 Å². The lowest BCUT2D eigenvalue weighted by Gasteiger charge is -2.36. The molecule has 0 saturated carbocycles. The first kappa shape index (κ1) is 22.8. The quantitative estimate of drug-likeness (QED) is 0.724. The number of hydrogen-bond donors (Lipinski definition) is 1. The molecule has 0 radical (unpaired) electrons. The fourth-order valence-corrected chi connectivity index (χ4v) is 4.82. The number of benzene rings is 2. The second-order valence-electron chi connectivity index (χ2n) is 7.05. The van der Waals surface area contributed by atoms with Gasteiger partial charge in [-0.1, -0.05) is 29.8 Å². The average Bonchev–Trinajstić information content (AvgIpc) is 2.77. The fraction of sp³-hybridized carbons (Fsp3) is 0.286. The summed E-state index contributed by atoms with van der Waals surface area (Å²) in [6.07, 6.45) is 0. The molecule has 1 aliphatic heterocycles. The van der Waals surface area contributed by atoms with E-state index in [2.05, 4.69) is 5.32 Å². The van der Waals surface area contributed by atoms with Gasteiger partial charge in [0.2, 0.25) is 21.1 Å². The molecule has 1 aliphatic rings. The second kappa shape index (κ2) is 9.49. The van der Waals surface area contributed by atoms with E-state index in [1.165, 1.54) is 48.2 Å². The summed E-state index contributed by atoms with van der Waals surface area (Å²) in [6.45, 7) is 2.37. The highest BCUT2D eigenvalue weighted by atomic mass is 35.5. The van der Waals surface area contributed by atoms with Crippen LogP contribution in [0.4, 0.5) is 0 Å². The molecular formula is C21H22ClN3O5S. The van der Waals surface area contributed by atoms with E-state index in [-0.39, 0.29) is 29.5 Å². The summed E-state index contributed by atoms with van der Waals surface area (Å²) in [7, 11) is -4.26. The molecule has 8 nitrogen and oxygen atoms in total. The third-order valence-corrected chi connectivity index (χ3v) is 7.13. The van der Waals surface area contributed by atoms with Gasteiger partial charge in [-0.05, 0) is 36.4 Å². The Kier molecular flexibility index (Phi) is 6.97. The van der Waals surface area contributed by atoms with Crippen LogP contribution in [0.3, 0.4) is 0 Å². The maximum absolute atomic E-state index is 13.3. The Hall–Kier alpha value is -2.91. The van der Waals surface area contributed by atoms with Crippen molar-refractivity contribution in [3.05, 3.63) is 65.2 Å². The number of hydrogen-bond acceptors (Lipinski definition) is 5. The molecule has 1 atom stereocenters. The van der Waals surface area contributed by atoms with E-state index in [9.17, 15) is 22.8 Å². The molecular weight excluding hydrogens is 442 g/mol. The Morgan fingerprint density at radius 2 is 1.45 bits per heavy atom. The maximum Gasteiger partial charge on any atom is 0.261 e. The van der Waals surface area contributed by atoms with Gasteiger partial charge in [0.05, 0.1) is 4.90 Å². The van der Waals surface area contributed by atoms with Crippen molar-refractivity contribution >= 4 is 39.2 Å². The molecule has 1 saturated heterocycles. The lowest BCUT2D eigenvalue weighted by molar-refractivity contribution is -0.138. The third kappa shape index (κ3) is 5.23. The van der Waals surface area contributed by atoms with E-state index < -0.39 is 27.0 Å². The Bertz CT molecular complexity index is 1070. The zero-order valence-corrected chi connectivity index (χ0v) is 18.4. The second-order valence-corrected chi connectivity index (χ2v) is 9.52. The monoisotopic (exact) mass is 463 g/mol. The summed E-state index contributed by atoms with van der Waals surface area (Å²) < 4.78 is 26.6. The van der Waals surface area contributed by atoms with E-state index in [0.717, 1.165) is 0 Å². The number of nitrogens with one attached hydrogen (secondary N) is 1. The Labute approximate surface area is 185 Å². The minimum absolute atomic E-state index is 0.116. The highest BCUT2D eigenvalue weighted by Gasteiger charge is 2.39. The Balaban J connectivity index is 1.90. The molecule has 164 valence electrons. The summed E-state index contributed by atoms with van der Waals surface area (Å²) in [5.74, 6) is -1.55. The van der Waals surface area contributed by atoms with Gasteiger partial charge in [-0.15, -0.1) is 0 Å². The average molecular weight is 464 g/mol. The largest absolute Gasteiger partial charge is 0.339 e. The van der Waals surface area contributed by atoms with Crippen LogP contribution in [-0.4, -0.2) is 67.5 Å². The molecule has 3 amide bonds. The predicted octanol–water partition coefficient (Wildman–Crippen LogP) is 1.56. The van der Waals surface area contributed by atoms with Crippen LogP contribution in [0.1, 0.15) is 17.3 Å². The number of sulfone groups is 1. The molecule has 2 aromatic rings. The molecule has 0 aromatic heterocycles. The summed E-state index contributed by atoms with van der Waals surface area (Å²) in [5, 5.41) is 0.915. The van der Waals surface area contributed by atoms with Crippen LogP contribution in [0.25, 0.3) is 0 Å². The van der Waals surface area contributed by atoms with Gasteiger partial charge < -0.3 is 15.1 Å². The lowest BCUT2D eigenvalue weighted by atomic mass is 10.2. The number of carbonyl (C=O) groups is 3. The van der Waals surface area contributed by atoms with E-state index in [0.29, 0.717) is 18.1 Å². The van der Waals surface area contributed by atoms with Crippen molar-refractivity contribution < 1.29 is 22.8 Å². The molecule has 0 aliphatic carbocycles. The number of halogens is 1. The van der Waals surface area contributed by atoms with E-state index >= 15 is 0 Å². The molecule has 0 unspecified atom stereocenters. The minimum Gasteiger partial charge on any atom is -0.339 e. The van der Waals surface area contributed by atoms with Gasteiger partial charge >= 0.3 is 0 Å². The predicted molar refractivity (Wildman–Crippen MR) is 115 cm³/mol. The maximum atomic E-state index is 13.3. The first-order valence-electron chi connectivity index (χ1n) is 9.60. The molecule has 31 heavy (non-hydrogen) atoms. The van der Waals surface area contributed by atoms with Gasteiger partial charge in [-0.25, -0.2) is 8.42 Å². The van der Waals surface area contributed by atoms with Crippen molar-refractivity contribution in [2.45, 2.75) is 17.2 Å². The summed E-state index contributed by atoms with van der Waals surface area (Å²) in [4.78, 5) is 40.3. The van der Waals surface area contributed by atoms with Crippen molar-refractivity contribution in [3.8, 4) is 0 Å². The lowest BCUT2D eigenvalue weighted by Crippen LogP contribution is -2.57. The van der Waals surface area contributed by atoms with Gasteiger partial charge in [0.15, 0.2) is 0 Å². The van der Waals surface area contributed by atoms with Gasteiger partial charge in [-0.2, -0.15) is 0 Å². The smallest absolute Gasteiger partial charge is 0.261 e. The van der Waals surface area contributed by atoms with Crippen LogP contribution in [0.5, 0.6) is 0 Å². The molecule has 1 fully saturated rings. The van der Waals surface area contributed by atoms with Crippen LogP contribution in [0, 0.1) is 0 Å². The molecule has 10 heteroatoms. The summed E-state index contributed by atoms with van der Waals surface area (Å²) in [6, 6.07) is 13.4. The zero-order chi connectivity index (χ0) is 22.6. The minimum atomic E-state index is -4.26. The SMILES string of the molecule is CC(=O)N1CCN(C(=O)[C@@H](NC(=O)c2ccccc2)S(=O)(=O)c2ccc(Cl)cc2)CC1. The summed E-state index contributed by atoms with van der Waals surface area (Å²) >= 11 is 5.86. The van der Waals surface area contributed by atoms with Crippen LogP contribution < -0.4 is 5.32 Å². The molecule has 0 spiro atoms. The van der Waals surface area contributed by atoms with E-state index in [1.54, 1.807) is 23.1 Å². The molecule has 1 N–H and O–H groups in total. The number of amides is 3. The Morgan fingerprint density at radius 3 is 2.00 bits per heavy atom. The van der Waals surface area contributed by atoms with Crippen LogP contribution in [0.15, 0.2) is 59.5 Å². The van der Waals surface area contributed by atoms with Gasteiger partial charge in [-0.3, -0.25) is 14.4 Å². The van der Waals surface area contributed by atoms with Crippen molar-refractivity contribution in [1.29, 1.82) is 0 Å². The van der Waals surface area contributed by atoms with Gasteiger partial charge in [0, 0.05) is 43.7 Å².